The second-order valence-electron chi connectivity index (χ2n) is 10.2. The van der Waals surface area contributed by atoms with Crippen LogP contribution in [0.25, 0.3) is 0 Å². The average molecular weight is 511 g/mol. The van der Waals surface area contributed by atoms with Gasteiger partial charge in [-0.3, -0.25) is 4.55 Å². The molecule has 0 aliphatic carbocycles. The summed E-state index contributed by atoms with van der Waals surface area (Å²) in [5.74, 6) is 0. The molecule has 1 rings (SSSR count). The summed E-state index contributed by atoms with van der Waals surface area (Å²) in [4.78, 5) is -0.0295. The van der Waals surface area contributed by atoms with E-state index in [1.165, 1.54) is 134 Å². The molecule has 204 valence electrons. The van der Waals surface area contributed by atoms with E-state index in [0.717, 1.165) is 31.6 Å². The van der Waals surface area contributed by atoms with Crippen molar-refractivity contribution >= 4 is 10.1 Å². The zero-order valence-corrected chi connectivity index (χ0v) is 23.5. The molecule has 0 atom stereocenters. The monoisotopic (exact) mass is 510 g/mol. The third-order valence-corrected chi connectivity index (χ3v) is 7.74. The van der Waals surface area contributed by atoms with Gasteiger partial charge >= 0.3 is 0 Å². The van der Waals surface area contributed by atoms with Crippen LogP contribution in [0.1, 0.15) is 141 Å². The summed E-state index contributed by atoms with van der Waals surface area (Å²) >= 11 is 0. The maximum atomic E-state index is 11.1. The van der Waals surface area contributed by atoms with Crippen molar-refractivity contribution in [2.75, 3.05) is 13.2 Å². The summed E-state index contributed by atoms with van der Waals surface area (Å²) in [7, 11) is -4.08. The minimum atomic E-state index is -4.08. The first-order chi connectivity index (χ1) is 17.0. The van der Waals surface area contributed by atoms with Gasteiger partial charge in [0, 0.05) is 13.2 Å². The standard InChI is InChI=1S/C30H54O4S/c1-2-3-4-5-6-7-11-14-17-20-27-34-28-21-18-15-12-9-8-10-13-16-19-22-29-23-25-30(26-24-29)35(31,32)33/h23-26H,2-22,27-28H2,1H3,(H,31,32,33). The highest BCUT2D eigenvalue weighted by Crippen LogP contribution is 2.15. The van der Waals surface area contributed by atoms with Crippen LogP contribution < -0.4 is 0 Å². The largest absolute Gasteiger partial charge is 0.381 e. The highest BCUT2D eigenvalue weighted by molar-refractivity contribution is 7.85. The van der Waals surface area contributed by atoms with Crippen LogP contribution in [0.2, 0.25) is 0 Å². The van der Waals surface area contributed by atoms with Crippen molar-refractivity contribution in [3.63, 3.8) is 0 Å². The molecule has 0 radical (unpaired) electrons. The Kier molecular flexibility index (Phi) is 20.5. The normalized spacial score (nSPS) is 11.8. The number of rotatable bonds is 25. The van der Waals surface area contributed by atoms with Crippen molar-refractivity contribution in [1.82, 2.24) is 0 Å². The van der Waals surface area contributed by atoms with E-state index in [4.69, 9.17) is 9.29 Å². The van der Waals surface area contributed by atoms with Crippen molar-refractivity contribution in [3.05, 3.63) is 29.8 Å². The number of hydrogen-bond acceptors (Lipinski definition) is 3. The molecular formula is C30H54O4S. The van der Waals surface area contributed by atoms with Crippen LogP contribution in [0.3, 0.4) is 0 Å². The van der Waals surface area contributed by atoms with E-state index in [1.807, 2.05) is 0 Å². The number of unbranched alkanes of at least 4 members (excludes halogenated alkanes) is 18. The van der Waals surface area contributed by atoms with Crippen LogP contribution in [-0.4, -0.2) is 26.2 Å². The Morgan fingerprint density at radius 3 is 1.34 bits per heavy atom. The molecular weight excluding hydrogens is 456 g/mol. The van der Waals surface area contributed by atoms with Gasteiger partial charge in [0.05, 0.1) is 4.90 Å². The van der Waals surface area contributed by atoms with E-state index in [1.54, 1.807) is 12.1 Å². The van der Waals surface area contributed by atoms with Crippen molar-refractivity contribution in [2.24, 2.45) is 0 Å². The molecule has 5 heteroatoms. The summed E-state index contributed by atoms with van der Waals surface area (Å²) in [6, 6.07) is 6.56. The predicted molar refractivity (Wildman–Crippen MR) is 149 cm³/mol. The molecule has 35 heavy (non-hydrogen) atoms. The van der Waals surface area contributed by atoms with Gasteiger partial charge in [0.25, 0.3) is 10.1 Å². The van der Waals surface area contributed by atoms with Gasteiger partial charge < -0.3 is 4.74 Å². The molecule has 0 saturated heterocycles. The maximum Gasteiger partial charge on any atom is 0.294 e. The molecule has 0 aliphatic heterocycles. The van der Waals surface area contributed by atoms with Gasteiger partial charge in [0.2, 0.25) is 0 Å². The molecule has 0 unspecified atom stereocenters. The Morgan fingerprint density at radius 2 is 0.943 bits per heavy atom. The maximum absolute atomic E-state index is 11.1. The number of hydrogen-bond donors (Lipinski definition) is 1. The first-order valence-electron chi connectivity index (χ1n) is 14.7. The summed E-state index contributed by atoms with van der Waals surface area (Å²) in [6.07, 6.45) is 27.6. The summed E-state index contributed by atoms with van der Waals surface area (Å²) in [5, 5.41) is 0. The average Bonchev–Trinajstić information content (AvgIpc) is 2.84. The van der Waals surface area contributed by atoms with Crippen LogP contribution in [0.15, 0.2) is 29.2 Å². The van der Waals surface area contributed by atoms with Gasteiger partial charge in [-0.15, -0.1) is 0 Å². The molecule has 0 heterocycles. The lowest BCUT2D eigenvalue weighted by Crippen LogP contribution is -1.98. The van der Waals surface area contributed by atoms with Gasteiger partial charge in [-0.25, -0.2) is 0 Å². The Morgan fingerprint density at radius 1 is 0.571 bits per heavy atom. The number of benzene rings is 1. The van der Waals surface area contributed by atoms with E-state index < -0.39 is 10.1 Å². The van der Waals surface area contributed by atoms with Crippen molar-refractivity contribution in [1.29, 1.82) is 0 Å². The second-order valence-corrected chi connectivity index (χ2v) is 11.6. The minimum absolute atomic E-state index is 0.0295. The van der Waals surface area contributed by atoms with E-state index in [0.29, 0.717) is 0 Å². The molecule has 1 aromatic rings. The van der Waals surface area contributed by atoms with Gasteiger partial charge in [-0.2, -0.15) is 8.42 Å². The predicted octanol–water partition coefficient (Wildman–Crippen LogP) is 9.31. The molecule has 0 saturated carbocycles. The van der Waals surface area contributed by atoms with Crippen LogP contribution in [0, 0.1) is 0 Å². The number of aryl methyl sites for hydroxylation is 1. The van der Waals surface area contributed by atoms with E-state index in [2.05, 4.69) is 6.92 Å². The summed E-state index contributed by atoms with van der Waals surface area (Å²) in [5.41, 5.74) is 1.13. The summed E-state index contributed by atoms with van der Waals surface area (Å²) < 4.78 is 36.9. The zero-order valence-electron chi connectivity index (χ0n) is 22.7. The lowest BCUT2D eigenvalue weighted by molar-refractivity contribution is 0.125. The zero-order chi connectivity index (χ0) is 25.5. The molecule has 0 amide bonds. The Balaban J connectivity index is 1.75. The minimum Gasteiger partial charge on any atom is -0.381 e. The Bertz CT molecular complexity index is 685. The van der Waals surface area contributed by atoms with Crippen molar-refractivity contribution in [3.8, 4) is 0 Å². The fourth-order valence-electron chi connectivity index (χ4n) is 4.57. The molecule has 0 fully saturated rings. The smallest absolute Gasteiger partial charge is 0.294 e. The SMILES string of the molecule is CCCCCCCCCCCCOCCCCCCCCCCCCc1ccc(S(=O)(=O)O)cc1. The molecule has 0 aromatic heterocycles. The Hall–Kier alpha value is -0.910. The highest BCUT2D eigenvalue weighted by Gasteiger charge is 2.08. The van der Waals surface area contributed by atoms with Crippen LogP contribution in [0.5, 0.6) is 0 Å². The second kappa shape index (κ2) is 22.3. The van der Waals surface area contributed by atoms with Gasteiger partial charge in [-0.1, -0.05) is 128 Å². The number of ether oxygens (including phenoxy) is 1. The highest BCUT2D eigenvalue weighted by atomic mass is 32.2. The quantitative estimate of drug-likeness (QED) is 0.105. The van der Waals surface area contributed by atoms with Gasteiger partial charge in [-0.05, 0) is 43.4 Å². The first kappa shape index (κ1) is 32.1. The van der Waals surface area contributed by atoms with Crippen LogP contribution in [0.4, 0.5) is 0 Å². The lowest BCUT2D eigenvalue weighted by Gasteiger charge is -2.05. The first-order valence-corrected chi connectivity index (χ1v) is 16.1. The van der Waals surface area contributed by atoms with Crippen LogP contribution >= 0.6 is 0 Å². The molecule has 1 N–H and O–H groups in total. The van der Waals surface area contributed by atoms with Crippen molar-refractivity contribution in [2.45, 2.75) is 147 Å². The Labute approximate surface area is 217 Å². The van der Waals surface area contributed by atoms with E-state index >= 15 is 0 Å². The molecule has 1 aromatic carbocycles. The molecule has 0 spiro atoms. The third kappa shape index (κ3) is 19.9. The van der Waals surface area contributed by atoms with E-state index in [9.17, 15) is 8.42 Å². The molecule has 0 aliphatic rings. The van der Waals surface area contributed by atoms with Crippen molar-refractivity contribution < 1.29 is 17.7 Å². The van der Waals surface area contributed by atoms with Gasteiger partial charge in [0.1, 0.15) is 0 Å². The fourth-order valence-corrected chi connectivity index (χ4v) is 5.05. The summed E-state index contributed by atoms with van der Waals surface area (Å²) in [6.45, 7) is 4.17. The topological polar surface area (TPSA) is 63.6 Å². The van der Waals surface area contributed by atoms with Crippen LogP contribution in [-0.2, 0) is 21.3 Å². The van der Waals surface area contributed by atoms with E-state index in [-0.39, 0.29) is 4.90 Å². The molecule has 0 bridgehead atoms. The molecule has 4 nitrogen and oxygen atoms in total. The fraction of sp³-hybridized carbons (Fsp3) is 0.800. The third-order valence-electron chi connectivity index (χ3n) is 6.87. The lowest BCUT2D eigenvalue weighted by atomic mass is 10.0. The van der Waals surface area contributed by atoms with Gasteiger partial charge in [0.15, 0.2) is 0 Å².